The fourth-order valence-electron chi connectivity index (χ4n) is 3.08. The van der Waals surface area contributed by atoms with Crippen LogP contribution in [-0.4, -0.2) is 26.9 Å². The van der Waals surface area contributed by atoms with Crippen LogP contribution in [0, 0.1) is 0 Å². The zero-order valence-electron chi connectivity index (χ0n) is 15.2. The van der Waals surface area contributed by atoms with E-state index >= 15 is 0 Å². The maximum atomic E-state index is 13.0. The Morgan fingerprint density at radius 2 is 2.12 bits per heavy atom. The largest absolute Gasteiger partial charge is 0.459 e. The number of thioether (sulfide) groups is 1. The first-order chi connectivity index (χ1) is 11.8. The lowest BCUT2D eigenvalue weighted by Crippen LogP contribution is -2.26. The van der Waals surface area contributed by atoms with Crippen molar-refractivity contribution in [2.45, 2.75) is 70.7 Å². The number of ether oxygens (including phenoxy) is 1. The molecule has 7 heteroatoms. The second-order valence-corrected chi connectivity index (χ2v) is 9.29. The van der Waals surface area contributed by atoms with Crippen LogP contribution < -0.4 is 5.56 Å². The zero-order valence-corrected chi connectivity index (χ0v) is 16.8. The van der Waals surface area contributed by atoms with E-state index in [1.165, 1.54) is 22.2 Å². The topological polar surface area (TPSA) is 61.2 Å². The van der Waals surface area contributed by atoms with Crippen LogP contribution in [0.1, 0.15) is 51.0 Å². The first kappa shape index (κ1) is 18.5. The SMILES string of the molecule is CCCn1c(SCC(=O)OC(C)(C)C)nc2sc3c(c2c1=O)CCC3. The van der Waals surface area contributed by atoms with Crippen molar-refractivity contribution in [3.8, 4) is 0 Å². The number of fused-ring (bicyclic) bond motifs is 3. The molecule has 25 heavy (non-hydrogen) atoms. The summed E-state index contributed by atoms with van der Waals surface area (Å²) in [5.74, 6) is -0.132. The second kappa shape index (κ2) is 7.11. The number of nitrogens with zero attached hydrogens (tertiary/aromatic N) is 2. The van der Waals surface area contributed by atoms with E-state index in [4.69, 9.17) is 9.72 Å². The van der Waals surface area contributed by atoms with Crippen LogP contribution in [0.15, 0.2) is 9.95 Å². The van der Waals surface area contributed by atoms with E-state index in [1.54, 1.807) is 15.9 Å². The van der Waals surface area contributed by atoms with Crippen molar-refractivity contribution in [3.05, 3.63) is 20.8 Å². The van der Waals surface area contributed by atoms with Crippen molar-refractivity contribution in [1.82, 2.24) is 9.55 Å². The summed E-state index contributed by atoms with van der Waals surface area (Å²) < 4.78 is 7.08. The molecule has 136 valence electrons. The Kier molecular flexibility index (Phi) is 5.25. The maximum Gasteiger partial charge on any atom is 0.316 e. The lowest BCUT2D eigenvalue weighted by atomic mass is 10.2. The Hall–Kier alpha value is -1.34. The molecule has 0 N–H and O–H groups in total. The summed E-state index contributed by atoms with van der Waals surface area (Å²) in [5, 5.41) is 1.41. The fourth-order valence-corrected chi connectivity index (χ4v) is 5.18. The van der Waals surface area contributed by atoms with Gasteiger partial charge in [0.05, 0.1) is 11.1 Å². The molecule has 0 radical (unpaired) electrons. The van der Waals surface area contributed by atoms with Gasteiger partial charge in [-0.15, -0.1) is 11.3 Å². The van der Waals surface area contributed by atoms with Crippen LogP contribution in [-0.2, 0) is 28.9 Å². The number of hydrogen-bond acceptors (Lipinski definition) is 6. The lowest BCUT2D eigenvalue weighted by molar-refractivity contribution is -0.151. The number of rotatable bonds is 5. The van der Waals surface area contributed by atoms with Gasteiger partial charge in [0.25, 0.3) is 5.56 Å². The number of aromatic nitrogens is 2. The highest BCUT2D eigenvalue weighted by atomic mass is 32.2. The van der Waals surface area contributed by atoms with Gasteiger partial charge in [0, 0.05) is 11.4 Å². The molecule has 0 aliphatic heterocycles. The summed E-state index contributed by atoms with van der Waals surface area (Å²) in [5.41, 5.74) is 0.733. The molecule has 0 saturated heterocycles. The van der Waals surface area contributed by atoms with Crippen LogP contribution in [0.4, 0.5) is 0 Å². The molecule has 1 aliphatic rings. The molecule has 2 heterocycles. The van der Waals surface area contributed by atoms with E-state index in [-0.39, 0.29) is 17.3 Å². The Balaban J connectivity index is 1.93. The molecule has 0 spiro atoms. The molecule has 0 bridgehead atoms. The number of carbonyl (C=O) groups is 1. The predicted octanol–water partition coefficient (Wildman–Crippen LogP) is 3.79. The minimum absolute atomic E-state index is 0.0398. The summed E-state index contributed by atoms with van der Waals surface area (Å²) in [7, 11) is 0. The van der Waals surface area contributed by atoms with Crippen LogP contribution in [0.2, 0.25) is 0 Å². The molecule has 1 aliphatic carbocycles. The molecular formula is C18H24N2O3S2. The predicted molar refractivity (Wildman–Crippen MR) is 103 cm³/mol. The highest BCUT2D eigenvalue weighted by Crippen LogP contribution is 2.35. The van der Waals surface area contributed by atoms with Gasteiger partial charge in [0.2, 0.25) is 0 Å². The first-order valence-corrected chi connectivity index (χ1v) is 10.5. The van der Waals surface area contributed by atoms with Crippen LogP contribution in [0.5, 0.6) is 0 Å². The highest BCUT2D eigenvalue weighted by molar-refractivity contribution is 7.99. The normalized spacial score (nSPS) is 14.1. The van der Waals surface area contributed by atoms with Crippen LogP contribution in [0.25, 0.3) is 10.2 Å². The van der Waals surface area contributed by atoms with Gasteiger partial charge in [0.1, 0.15) is 10.4 Å². The van der Waals surface area contributed by atoms with Crippen molar-refractivity contribution in [3.63, 3.8) is 0 Å². The standard InChI is InChI=1S/C18H24N2O3S2/c1-5-9-20-16(22)14-11-7-6-8-12(11)25-15(14)19-17(20)24-10-13(21)23-18(2,3)4/h5-10H2,1-4H3. The van der Waals surface area contributed by atoms with Crippen molar-refractivity contribution < 1.29 is 9.53 Å². The summed E-state index contributed by atoms with van der Waals surface area (Å²) in [4.78, 5) is 31.9. The van der Waals surface area contributed by atoms with Gasteiger partial charge in [-0.3, -0.25) is 14.2 Å². The van der Waals surface area contributed by atoms with E-state index in [0.29, 0.717) is 11.7 Å². The van der Waals surface area contributed by atoms with Gasteiger partial charge in [0.15, 0.2) is 5.16 Å². The monoisotopic (exact) mass is 380 g/mol. The zero-order chi connectivity index (χ0) is 18.2. The molecule has 5 nitrogen and oxygen atoms in total. The van der Waals surface area contributed by atoms with Gasteiger partial charge < -0.3 is 4.74 Å². The summed E-state index contributed by atoms with van der Waals surface area (Å²) >= 11 is 2.92. The van der Waals surface area contributed by atoms with Crippen molar-refractivity contribution in [1.29, 1.82) is 0 Å². The smallest absolute Gasteiger partial charge is 0.316 e. The van der Waals surface area contributed by atoms with Gasteiger partial charge in [-0.25, -0.2) is 4.98 Å². The van der Waals surface area contributed by atoms with Gasteiger partial charge >= 0.3 is 5.97 Å². The van der Waals surface area contributed by atoms with Crippen molar-refractivity contribution in [2.75, 3.05) is 5.75 Å². The van der Waals surface area contributed by atoms with E-state index in [9.17, 15) is 9.59 Å². The first-order valence-electron chi connectivity index (χ1n) is 8.70. The van der Waals surface area contributed by atoms with Gasteiger partial charge in [-0.2, -0.15) is 0 Å². The maximum absolute atomic E-state index is 13.0. The Morgan fingerprint density at radius 3 is 2.80 bits per heavy atom. The summed E-state index contributed by atoms with van der Waals surface area (Å²) in [6.45, 7) is 8.19. The molecule has 2 aromatic heterocycles. The average molecular weight is 381 g/mol. The second-order valence-electron chi connectivity index (χ2n) is 7.26. The quantitative estimate of drug-likeness (QED) is 0.449. The summed E-state index contributed by atoms with van der Waals surface area (Å²) in [6.07, 6.45) is 3.99. The van der Waals surface area contributed by atoms with Crippen LogP contribution >= 0.6 is 23.1 Å². The van der Waals surface area contributed by atoms with E-state index in [0.717, 1.165) is 35.9 Å². The lowest BCUT2D eigenvalue weighted by Gasteiger charge is -2.19. The third kappa shape index (κ3) is 3.92. The third-order valence-electron chi connectivity index (χ3n) is 3.98. The molecule has 3 rings (SSSR count). The average Bonchev–Trinajstić information content (AvgIpc) is 3.07. The molecule has 0 fully saturated rings. The fraction of sp³-hybridized carbons (Fsp3) is 0.611. The van der Waals surface area contributed by atoms with Gasteiger partial charge in [-0.1, -0.05) is 18.7 Å². The Bertz CT molecular complexity index is 862. The molecule has 2 aromatic rings. The van der Waals surface area contributed by atoms with E-state index in [1.807, 2.05) is 27.7 Å². The molecule has 0 atom stereocenters. The molecule has 0 saturated carbocycles. The van der Waals surface area contributed by atoms with Crippen molar-refractivity contribution >= 4 is 39.3 Å². The minimum atomic E-state index is -0.507. The number of hydrogen-bond donors (Lipinski definition) is 0. The molecule has 0 unspecified atom stereocenters. The van der Waals surface area contributed by atoms with E-state index in [2.05, 4.69) is 0 Å². The van der Waals surface area contributed by atoms with Gasteiger partial charge in [-0.05, 0) is 52.0 Å². The third-order valence-corrected chi connectivity index (χ3v) is 6.11. The van der Waals surface area contributed by atoms with E-state index < -0.39 is 5.60 Å². The number of carbonyl (C=O) groups excluding carboxylic acids is 1. The highest BCUT2D eigenvalue weighted by Gasteiger charge is 2.24. The molecular weight excluding hydrogens is 356 g/mol. The number of esters is 1. The Labute approximate surface area is 155 Å². The van der Waals surface area contributed by atoms with Crippen molar-refractivity contribution in [2.24, 2.45) is 0 Å². The number of aryl methyl sites for hydroxylation is 2. The molecule has 0 aromatic carbocycles. The van der Waals surface area contributed by atoms with Crippen LogP contribution in [0.3, 0.4) is 0 Å². The minimum Gasteiger partial charge on any atom is -0.459 e. The molecule has 0 amide bonds. The number of thiophene rings is 1. The summed E-state index contributed by atoms with van der Waals surface area (Å²) in [6, 6.07) is 0. The Morgan fingerprint density at radius 1 is 1.36 bits per heavy atom.